The van der Waals surface area contributed by atoms with Gasteiger partial charge in [0.25, 0.3) is 0 Å². The van der Waals surface area contributed by atoms with E-state index in [9.17, 15) is 4.79 Å². The summed E-state index contributed by atoms with van der Waals surface area (Å²) in [5.74, 6) is -0.333. The number of hydrogen-bond donors (Lipinski definition) is 0. The molecular weight excluding hydrogens is 216 g/mol. The zero-order chi connectivity index (χ0) is 12.9. The summed E-state index contributed by atoms with van der Waals surface area (Å²) in [4.78, 5) is 11.4. The van der Waals surface area contributed by atoms with Crippen molar-refractivity contribution in [1.82, 2.24) is 0 Å². The molecule has 0 N–H and O–H groups in total. The van der Waals surface area contributed by atoms with Crippen LogP contribution in [-0.4, -0.2) is 18.2 Å². The molecular formula is C14H20O3. The van der Waals surface area contributed by atoms with Crippen molar-refractivity contribution in [2.24, 2.45) is 0 Å². The molecule has 0 aliphatic carbocycles. The smallest absolute Gasteiger partial charge is 0.332 e. The van der Waals surface area contributed by atoms with Crippen LogP contribution in [0, 0.1) is 0 Å². The van der Waals surface area contributed by atoms with Gasteiger partial charge in [0.05, 0.1) is 6.10 Å². The van der Waals surface area contributed by atoms with Crippen molar-refractivity contribution in [3.05, 3.63) is 35.9 Å². The van der Waals surface area contributed by atoms with Crippen molar-refractivity contribution in [1.29, 1.82) is 0 Å². The summed E-state index contributed by atoms with van der Waals surface area (Å²) in [5.41, 5.74) is 0.590. The lowest BCUT2D eigenvalue weighted by atomic mass is 10.1. The normalized spacial score (nSPS) is 13.2. The van der Waals surface area contributed by atoms with Crippen LogP contribution in [0.4, 0.5) is 0 Å². The van der Waals surface area contributed by atoms with Gasteiger partial charge in [0.1, 0.15) is 12.2 Å². The third-order valence-corrected chi connectivity index (χ3v) is 2.14. The number of hydrogen-bond acceptors (Lipinski definition) is 3. The molecule has 0 fully saturated rings. The van der Waals surface area contributed by atoms with Gasteiger partial charge < -0.3 is 9.47 Å². The summed E-state index contributed by atoms with van der Waals surface area (Å²) in [5, 5.41) is 0. The molecule has 3 nitrogen and oxygen atoms in total. The highest BCUT2D eigenvalue weighted by atomic mass is 16.6. The standard InChI is InChI=1S/C14H20O3/c1-11(12-8-6-5-7-9-12)16-10-13(15)17-14(2,3)4/h5-9,11H,10H2,1-4H3. The first-order chi connectivity index (χ1) is 7.88. The second-order valence-electron chi connectivity index (χ2n) is 4.95. The van der Waals surface area contributed by atoms with E-state index in [4.69, 9.17) is 9.47 Å². The molecule has 0 spiro atoms. The van der Waals surface area contributed by atoms with Gasteiger partial charge in [-0.05, 0) is 33.3 Å². The zero-order valence-corrected chi connectivity index (χ0v) is 10.9. The van der Waals surface area contributed by atoms with Crippen molar-refractivity contribution in [3.63, 3.8) is 0 Å². The van der Waals surface area contributed by atoms with Crippen LogP contribution < -0.4 is 0 Å². The maximum Gasteiger partial charge on any atom is 0.332 e. The molecule has 1 aromatic carbocycles. The SMILES string of the molecule is CC(OCC(=O)OC(C)(C)C)c1ccccc1. The van der Waals surface area contributed by atoms with Crippen molar-refractivity contribution >= 4 is 5.97 Å². The summed E-state index contributed by atoms with van der Waals surface area (Å²) < 4.78 is 10.6. The molecule has 0 aliphatic heterocycles. The first-order valence-electron chi connectivity index (χ1n) is 5.77. The number of ether oxygens (including phenoxy) is 2. The maximum atomic E-state index is 11.4. The lowest BCUT2D eigenvalue weighted by molar-refractivity contribution is -0.162. The van der Waals surface area contributed by atoms with Crippen molar-refractivity contribution in [2.75, 3.05) is 6.61 Å². The molecule has 1 rings (SSSR count). The van der Waals surface area contributed by atoms with E-state index in [1.807, 2.05) is 58.0 Å². The Kier molecular flexibility index (Phi) is 4.70. The molecule has 0 aromatic heterocycles. The topological polar surface area (TPSA) is 35.5 Å². The van der Waals surface area contributed by atoms with Gasteiger partial charge in [-0.2, -0.15) is 0 Å². The van der Waals surface area contributed by atoms with E-state index in [-0.39, 0.29) is 18.7 Å². The van der Waals surface area contributed by atoms with Crippen LogP contribution in [-0.2, 0) is 14.3 Å². The highest BCUT2D eigenvalue weighted by Gasteiger charge is 2.17. The highest BCUT2D eigenvalue weighted by Crippen LogP contribution is 2.16. The summed E-state index contributed by atoms with van der Waals surface area (Å²) in [6.45, 7) is 7.41. The average Bonchev–Trinajstić information content (AvgIpc) is 2.25. The average molecular weight is 236 g/mol. The third-order valence-electron chi connectivity index (χ3n) is 2.14. The van der Waals surface area contributed by atoms with Gasteiger partial charge in [0.2, 0.25) is 0 Å². The monoisotopic (exact) mass is 236 g/mol. The molecule has 17 heavy (non-hydrogen) atoms. The first-order valence-corrected chi connectivity index (χ1v) is 5.77. The molecule has 0 saturated heterocycles. The predicted molar refractivity (Wildman–Crippen MR) is 66.7 cm³/mol. The van der Waals surface area contributed by atoms with Crippen molar-refractivity contribution < 1.29 is 14.3 Å². The molecule has 1 aromatic rings. The van der Waals surface area contributed by atoms with Gasteiger partial charge in [0, 0.05) is 0 Å². The minimum absolute atomic E-state index is 0.0205. The largest absolute Gasteiger partial charge is 0.458 e. The van der Waals surface area contributed by atoms with Crippen molar-refractivity contribution in [2.45, 2.75) is 39.4 Å². The Balaban J connectivity index is 2.39. The maximum absolute atomic E-state index is 11.4. The first kappa shape index (κ1) is 13.7. The van der Waals surface area contributed by atoms with Crippen LogP contribution in [0.5, 0.6) is 0 Å². The van der Waals surface area contributed by atoms with Crippen LogP contribution in [0.15, 0.2) is 30.3 Å². The Bertz CT molecular complexity index is 351. The van der Waals surface area contributed by atoms with Crippen LogP contribution in [0.3, 0.4) is 0 Å². The minimum Gasteiger partial charge on any atom is -0.458 e. The van der Waals surface area contributed by atoms with E-state index >= 15 is 0 Å². The summed E-state index contributed by atoms with van der Waals surface area (Å²) in [6.07, 6.45) is -0.108. The zero-order valence-electron chi connectivity index (χ0n) is 10.9. The summed E-state index contributed by atoms with van der Waals surface area (Å²) >= 11 is 0. The molecule has 0 radical (unpaired) electrons. The van der Waals surface area contributed by atoms with E-state index in [1.165, 1.54) is 0 Å². The quantitative estimate of drug-likeness (QED) is 0.753. The van der Waals surface area contributed by atoms with Crippen LogP contribution in [0.25, 0.3) is 0 Å². The fourth-order valence-electron chi connectivity index (χ4n) is 1.38. The van der Waals surface area contributed by atoms with E-state index in [2.05, 4.69) is 0 Å². The predicted octanol–water partition coefficient (Wildman–Crippen LogP) is 3.11. The van der Waals surface area contributed by atoms with Crippen LogP contribution >= 0.6 is 0 Å². The lowest BCUT2D eigenvalue weighted by Crippen LogP contribution is -2.26. The second kappa shape index (κ2) is 5.82. The fraction of sp³-hybridized carbons (Fsp3) is 0.500. The van der Waals surface area contributed by atoms with Gasteiger partial charge in [0.15, 0.2) is 0 Å². The fourth-order valence-corrected chi connectivity index (χ4v) is 1.38. The highest BCUT2D eigenvalue weighted by molar-refractivity contribution is 5.71. The van der Waals surface area contributed by atoms with Crippen molar-refractivity contribution in [3.8, 4) is 0 Å². The van der Waals surface area contributed by atoms with E-state index in [0.29, 0.717) is 0 Å². The number of esters is 1. The molecule has 0 aliphatic rings. The molecule has 1 unspecified atom stereocenters. The van der Waals surface area contributed by atoms with Gasteiger partial charge >= 0.3 is 5.97 Å². The Labute approximate surface area is 103 Å². The molecule has 3 heteroatoms. The van der Waals surface area contributed by atoms with Gasteiger partial charge in [-0.15, -0.1) is 0 Å². The Hall–Kier alpha value is -1.35. The summed E-state index contributed by atoms with van der Waals surface area (Å²) in [7, 11) is 0. The Morgan fingerprint density at radius 2 is 1.82 bits per heavy atom. The van der Waals surface area contributed by atoms with E-state index in [0.717, 1.165) is 5.56 Å². The molecule has 94 valence electrons. The second-order valence-corrected chi connectivity index (χ2v) is 4.95. The number of rotatable bonds is 4. The Morgan fingerprint density at radius 3 is 2.35 bits per heavy atom. The minimum atomic E-state index is -0.462. The molecule has 0 amide bonds. The van der Waals surface area contributed by atoms with Gasteiger partial charge in [-0.25, -0.2) is 4.79 Å². The number of carbonyl (C=O) groups excluding carboxylic acids is 1. The van der Waals surface area contributed by atoms with Gasteiger partial charge in [-0.1, -0.05) is 30.3 Å². The number of benzene rings is 1. The molecule has 0 bridgehead atoms. The van der Waals surface area contributed by atoms with E-state index in [1.54, 1.807) is 0 Å². The third kappa shape index (κ3) is 5.50. The molecule has 1 atom stereocenters. The summed E-state index contributed by atoms with van der Waals surface area (Å²) in [6, 6.07) is 9.79. The molecule has 0 heterocycles. The van der Waals surface area contributed by atoms with Crippen LogP contribution in [0.2, 0.25) is 0 Å². The Morgan fingerprint density at radius 1 is 1.24 bits per heavy atom. The lowest BCUT2D eigenvalue weighted by Gasteiger charge is -2.20. The number of carbonyl (C=O) groups is 1. The van der Waals surface area contributed by atoms with E-state index < -0.39 is 5.60 Å². The van der Waals surface area contributed by atoms with Gasteiger partial charge in [-0.3, -0.25) is 0 Å². The van der Waals surface area contributed by atoms with Crippen LogP contribution in [0.1, 0.15) is 39.4 Å². The molecule has 0 saturated carbocycles.